The fourth-order valence-electron chi connectivity index (χ4n) is 2.68. The van der Waals surface area contributed by atoms with Gasteiger partial charge in [-0.1, -0.05) is 43.9 Å². The molecular formula is C17H24N2O2. The van der Waals surface area contributed by atoms with Crippen LogP contribution in [0.25, 0.3) is 0 Å². The molecule has 1 aromatic rings. The van der Waals surface area contributed by atoms with Gasteiger partial charge >= 0.3 is 0 Å². The van der Waals surface area contributed by atoms with Crippen LogP contribution >= 0.6 is 0 Å². The van der Waals surface area contributed by atoms with Gasteiger partial charge in [-0.15, -0.1) is 0 Å². The lowest BCUT2D eigenvalue weighted by Crippen LogP contribution is -2.48. The smallest absolute Gasteiger partial charge is 0.251 e. The van der Waals surface area contributed by atoms with Crippen molar-refractivity contribution < 1.29 is 9.59 Å². The molecule has 1 aliphatic rings. The number of hydrogen-bond donors (Lipinski definition) is 2. The molecular weight excluding hydrogens is 264 g/mol. The first-order valence-corrected chi connectivity index (χ1v) is 7.83. The summed E-state index contributed by atoms with van der Waals surface area (Å²) in [6, 6.07) is 8.71. The van der Waals surface area contributed by atoms with Crippen molar-refractivity contribution in [2.75, 3.05) is 0 Å². The quantitative estimate of drug-likeness (QED) is 0.837. The van der Waals surface area contributed by atoms with E-state index in [1.807, 2.05) is 18.2 Å². The second-order valence-electron chi connectivity index (χ2n) is 5.76. The van der Waals surface area contributed by atoms with Crippen molar-refractivity contribution in [2.24, 2.45) is 0 Å². The molecule has 4 nitrogen and oxygen atoms in total. The van der Waals surface area contributed by atoms with E-state index in [0.29, 0.717) is 5.56 Å². The van der Waals surface area contributed by atoms with Gasteiger partial charge in [0.15, 0.2) is 0 Å². The molecule has 0 aliphatic heterocycles. The molecule has 2 rings (SSSR count). The molecule has 1 atom stereocenters. The van der Waals surface area contributed by atoms with Gasteiger partial charge in [0.25, 0.3) is 5.91 Å². The Labute approximate surface area is 126 Å². The normalized spacial score (nSPS) is 17.6. The summed E-state index contributed by atoms with van der Waals surface area (Å²) < 4.78 is 0. The zero-order valence-electron chi connectivity index (χ0n) is 12.6. The lowest BCUT2D eigenvalue weighted by atomic mass is 10.1. The largest absolute Gasteiger partial charge is 0.352 e. The number of carbonyl (C=O) groups is 2. The Morgan fingerprint density at radius 1 is 1.05 bits per heavy atom. The molecule has 2 N–H and O–H groups in total. The summed E-state index contributed by atoms with van der Waals surface area (Å²) in [5, 5.41) is 5.81. The van der Waals surface area contributed by atoms with Gasteiger partial charge in [0.05, 0.1) is 0 Å². The fraction of sp³-hybridized carbons (Fsp3) is 0.529. The predicted molar refractivity (Wildman–Crippen MR) is 83.0 cm³/mol. The predicted octanol–water partition coefficient (Wildman–Crippen LogP) is 2.64. The Hall–Kier alpha value is -1.84. The maximum atomic E-state index is 12.2. The van der Waals surface area contributed by atoms with Crippen LogP contribution in [0.5, 0.6) is 0 Å². The average molecular weight is 288 g/mol. The molecule has 0 heterocycles. The lowest BCUT2D eigenvalue weighted by molar-refractivity contribution is -0.123. The van der Waals surface area contributed by atoms with E-state index in [1.54, 1.807) is 19.1 Å². The summed E-state index contributed by atoms with van der Waals surface area (Å²) in [7, 11) is 0. The van der Waals surface area contributed by atoms with E-state index < -0.39 is 6.04 Å². The van der Waals surface area contributed by atoms with Gasteiger partial charge in [-0.3, -0.25) is 9.59 Å². The molecule has 114 valence electrons. The van der Waals surface area contributed by atoms with E-state index >= 15 is 0 Å². The highest BCUT2D eigenvalue weighted by Crippen LogP contribution is 2.17. The first-order chi connectivity index (χ1) is 10.2. The van der Waals surface area contributed by atoms with Crippen molar-refractivity contribution in [2.45, 2.75) is 57.5 Å². The number of amides is 2. The number of carbonyl (C=O) groups excluding carboxylic acids is 2. The van der Waals surface area contributed by atoms with E-state index in [0.717, 1.165) is 12.8 Å². The van der Waals surface area contributed by atoms with Crippen molar-refractivity contribution >= 4 is 11.8 Å². The van der Waals surface area contributed by atoms with Crippen molar-refractivity contribution in [1.29, 1.82) is 0 Å². The summed E-state index contributed by atoms with van der Waals surface area (Å²) in [4.78, 5) is 24.2. The zero-order valence-corrected chi connectivity index (χ0v) is 12.6. The molecule has 1 aromatic carbocycles. The van der Waals surface area contributed by atoms with E-state index in [-0.39, 0.29) is 17.9 Å². The van der Waals surface area contributed by atoms with Crippen LogP contribution in [-0.4, -0.2) is 23.9 Å². The van der Waals surface area contributed by atoms with Crippen molar-refractivity contribution in [3.8, 4) is 0 Å². The molecule has 21 heavy (non-hydrogen) atoms. The van der Waals surface area contributed by atoms with Gasteiger partial charge in [-0.2, -0.15) is 0 Å². The minimum Gasteiger partial charge on any atom is -0.352 e. The van der Waals surface area contributed by atoms with Gasteiger partial charge in [0.2, 0.25) is 5.91 Å². The highest BCUT2D eigenvalue weighted by molar-refractivity contribution is 5.97. The molecule has 4 heteroatoms. The second kappa shape index (κ2) is 7.81. The summed E-state index contributed by atoms with van der Waals surface area (Å²) in [6.07, 6.45) is 6.96. The van der Waals surface area contributed by atoms with Crippen LogP contribution in [0.4, 0.5) is 0 Å². The third-order valence-corrected chi connectivity index (χ3v) is 3.98. The summed E-state index contributed by atoms with van der Waals surface area (Å²) in [6.45, 7) is 1.73. The van der Waals surface area contributed by atoms with Crippen molar-refractivity contribution in [3.63, 3.8) is 0 Å². The van der Waals surface area contributed by atoms with Crippen LogP contribution in [-0.2, 0) is 4.79 Å². The van der Waals surface area contributed by atoms with Crippen molar-refractivity contribution in [1.82, 2.24) is 10.6 Å². The SMILES string of the molecule is CC(NC(=O)c1ccccc1)C(=O)NC1CCCCCC1. The monoisotopic (exact) mass is 288 g/mol. The first kappa shape index (κ1) is 15.5. The molecule has 0 bridgehead atoms. The molecule has 2 amide bonds. The number of rotatable bonds is 4. The van der Waals surface area contributed by atoms with Crippen LogP contribution in [0.15, 0.2) is 30.3 Å². The Morgan fingerprint density at radius 3 is 2.29 bits per heavy atom. The highest BCUT2D eigenvalue weighted by atomic mass is 16.2. The van der Waals surface area contributed by atoms with Gasteiger partial charge < -0.3 is 10.6 Å². The van der Waals surface area contributed by atoms with E-state index in [4.69, 9.17) is 0 Å². The molecule has 1 unspecified atom stereocenters. The minimum absolute atomic E-state index is 0.0915. The van der Waals surface area contributed by atoms with E-state index in [2.05, 4.69) is 10.6 Å². The molecule has 1 aliphatic carbocycles. The molecule has 0 aromatic heterocycles. The van der Waals surface area contributed by atoms with Gasteiger partial charge in [-0.05, 0) is 31.9 Å². The third-order valence-electron chi connectivity index (χ3n) is 3.98. The fourth-order valence-corrected chi connectivity index (χ4v) is 2.68. The first-order valence-electron chi connectivity index (χ1n) is 7.83. The maximum Gasteiger partial charge on any atom is 0.251 e. The van der Waals surface area contributed by atoms with Crippen LogP contribution in [0.1, 0.15) is 55.8 Å². The van der Waals surface area contributed by atoms with Gasteiger partial charge in [0.1, 0.15) is 6.04 Å². The maximum absolute atomic E-state index is 12.2. The molecule has 1 saturated carbocycles. The van der Waals surface area contributed by atoms with Crippen LogP contribution in [0, 0.1) is 0 Å². The van der Waals surface area contributed by atoms with Crippen LogP contribution < -0.4 is 10.6 Å². The molecule has 0 spiro atoms. The Balaban J connectivity index is 1.83. The Morgan fingerprint density at radius 2 is 1.67 bits per heavy atom. The summed E-state index contributed by atoms with van der Waals surface area (Å²) in [5.41, 5.74) is 0.576. The van der Waals surface area contributed by atoms with Crippen LogP contribution in [0.3, 0.4) is 0 Å². The second-order valence-corrected chi connectivity index (χ2v) is 5.76. The zero-order chi connectivity index (χ0) is 15.1. The van der Waals surface area contributed by atoms with Gasteiger partial charge in [-0.25, -0.2) is 0 Å². The summed E-state index contributed by atoms with van der Waals surface area (Å²) >= 11 is 0. The summed E-state index contributed by atoms with van der Waals surface area (Å²) in [5.74, 6) is -0.301. The highest BCUT2D eigenvalue weighted by Gasteiger charge is 2.20. The Kier molecular flexibility index (Phi) is 5.78. The van der Waals surface area contributed by atoms with Crippen LogP contribution in [0.2, 0.25) is 0 Å². The minimum atomic E-state index is -0.513. The lowest BCUT2D eigenvalue weighted by Gasteiger charge is -2.20. The van der Waals surface area contributed by atoms with E-state index in [9.17, 15) is 9.59 Å². The molecule has 0 radical (unpaired) electrons. The third kappa shape index (κ3) is 4.88. The number of benzene rings is 1. The standard InChI is InChI=1S/C17H24N2O2/c1-13(18-17(21)14-9-5-4-6-10-14)16(20)19-15-11-7-2-3-8-12-15/h4-6,9-10,13,15H,2-3,7-8,11-12H2,1H3,(H,18,21)(H,19,20). The van der Waals surface area contributed by atoms with Crippen molar-refractivity contribution in [3.05, 3.63) is 35.9 Å². The Bertz CT molecular complexity index is 465. The van der Waals surface area contributed by atoms with Gasteiger partial charge in [0, 0.05) is 11.6 Å². The number of nitrogens with one attached hydrogen (secondary N) is 2. The molecule has 0 saturated heterocycles. The number of hydrogen-bond acceptors (Lipinski definition) is 2. The average Bonchev–Trinajstić information content (AvgIpc) is 2.76. The van der Waals surface area contributed by atoms with E-state index in [1.165, 1.54) is 25.7 Å². The topological polar surface area (TPSA) is 58.2 Å². The molecule has 1 fully saturated rings.